The summed E-state index contributed by atoms with van der Waals surface area (Å²) < 4.78 is 18.5. The van der Waals surface area contributed by atoms with E-state index in [4.69, 9.17) is 4.74 Å². The van der Waals surface area contributed by atoms with E-state index < -0.39 is 0 Å². The summed E-state index contributed by atoms with van der Waals surface area (Å²) in [6, 6.07) is 10.8. The first-order valence-corrected chi connectivity index (χ1v) is 9.80. The molecular formula is C20H25FN2O2S. The van der Waals surface area contributed by atoms with Crippen molar-refractivity contribution in [1.29, 1.82) is 0 Å². The molecule has 6 heteroatoms. The van der Waals surface area contributed by atoms with E-state index in [1.54, 1.807) is 23.5 Å². The molecule has 1 aliphatic rings. The topological polar surface area (TPSA) is 41.6 Å². The highest BCUT2D eigenvalue weighted by Crippen LogP contribution is 2.29. The largest absolute Gasteiger partial charge is 0.378 e. The van der Waals surface area contributed by atoms with Gasteiger partial charge in [-0.15, -0.1) is 11.3 Å². The summed E-state index contributed by atoms with van der Waals surface area (Å²) in [5.41, 5.74) is 0.994. The molecule has 0 radical (unpaired) electrons. The average molecular weight is 376 g/mol. The van der Waals surface area contributed by atoms with E-state index in [2.05, 4.69) is 5.32 Å². The maximum atomic E-state index is 13.1. The maximum Gasteiger partial charge on any atom is 0.224 e. The number of amides is 1. The zero-order chi connectivity index (χ0) is 18.5. The number of carbonyl (C=O) groups is 1. The second-order valence-corrected chi connectivity index (χ2v) is 7.99. The SMILES string of the molecule is CC(C)N(Cc1ccc(-c2ccc(F)cc2)s1)C(=O)CC1COCCN1. The van der Waals surface area contributed by atoms with Crippen LogP contribution in [-0.2, 0) is 16.1 Å². The van der Waals surface area contributed by atoms with Gasteiger partial charge in [0.05, 0.1) is 19.8 Å². The average Bonchev–Trinajstić information content (AvgIpc) is 3.09. The van der Waals surface area contributed by atoms with Crippen LogP contribution in [0.25, 0.3) is 10.4 Å². The molecule has 0 bridgehead atoms. The predicted octanol–water partition coefficient (Wildman–Crippen LogP) is 3.67. The lowest BCUT2D eigenvalue weighted by atomic mass is 10.1. The van der Waals surface area contributed by atoms with Crippen molar-refractivity contribution in [2.75, 3.05) is 19.8 Å². The van der Waals surface area contributed by atoms with Gasteiger partial charge in [0.2, 0.25) is 5.91 Å². The van der Waals surface area contributed by atoms with E-state index >= 15 is 0 Å². The van der Waals surface area contributed by atoms with E-state index in [1.165, 1.54) is 12.1 Å². The molecule has 1 aliphatic heterocycles. The molecule has 1 N–H and O–H groups in total. The third-order valence-electron chi connectivity index (χ3n) is 4.48. The lowest BCUT2D eigenvalue weighted by Gasteiger charge is -2.30. The van der Waals surface area contributed by atoms with Gasteiger partial charge in [-0.1, -0.05) is 12.1 Å². The van der Waals surface area contributed by atoms with Crippen molar-refractivity contribution in [3.63, 3.8) is 0 Å². The molecule has 2 aromatic rings. The Kier molecular flexibility index (Phi) is 6.40. The van der Waals surface area contributed by atoms with Crippen LogP contribution in [0.1, 0.15) is 25.1 Å². The van der Waals surface area contributed by atoms with E-state index in [0.717, 1.165) is 21.9 Å². The Morgan fingerprint density at radius 3 is 2.73 bits per heavy atom. The van der Waals surface area contributed by atoms with Crippen molar-refractivity contribution in [2.24, 2.45) is 0 Å². The highest BCUT2D eigenvalue weighted by atomic mass is 32.1. The number of morpholine rings is 1. The molecule has 1 saturated heterocycles. The van der Waals surface area contributed by atoms with Crippen LogP contribution in [0.5, 0.6) is 0 Å². The molecule has 140 valence electrons. The molecule has 0 spiro atoms. The first-order chi connectivity index (χ1) is 12.5. The fourth-order valence-electron chi connectivity index (χ4n) is 3.04. The second kappa shape index (κ2) is 8.75. The zero-order valence-electron chi connectivity index (χ0n) is 15.2. The number of rotatable bonds is 6. The molecule has 2 heterocycles. The van der Waals surface area contributed by atoms with Crippen LogP contribution < -0.4 is 5.32 Å². The van der Waals surface area contributed by atoms with E-state index in [9.17, 15) is 9.18 Å². The van der Waals surface area contributed by atoms with Crippen LogP contribution in [0, 0.1) is 5.82 Å². The van der Waals surface area contributed by atoms with Crippen molar-refractivity contribution in [1.82, 2.24) is 10.2 Å². The molecule has 1 amide bonds. The minimum atomic E-state index is -0.234. The van der Waals surface area contributed by atoms with Crippen LogP contribution in [0.3, 0.4) is 0 Å². The normalized spacial score (nSPS) is 17.5. The molecular weight excluding hydrogens is 351 g/mol. The van der Waals surface area contributed by atoms with E-state index in [-0.39, 0.29) is 23.8 Å². The summed E-state index contributed by atoms with van der Waals surface area (Å²) >= 11 is 1.64. The smallest absolute Gasteiger partial charge is 0.224 e. The van der Waals surface area contributed by atoms with Gasteiger partial charge in [-0.3, -0.25) is 4.79 Å². The van der Waals surface area contributed by atoms with Gasteiger partial charge in [0, 0.05) is 34.8 Å². The lowest BCUT2D eigenvalue weighted by molar-refractivity contribution is -0.134. The molecule has 0 saturated carbocycles. The Bertz CT molecular complexity index is 724. The van der Waals surface area contributed by atoms with Gasteiger partial charge in [-0.2, -0.15) is 0 Å². The first kappa shape index (κ1) is 19.0. The van der Waals surface area contributed by atoms with Crippen molar-refractivity contribution in [3.05, 3.63) is 47.1 Å². The number of hydrogen-bond donors (Lipinski definition) is 1. The van der Waals surface area contributed by atoms with Gasteiger partial charge in [-0.05, 0) is 43.7 Å². The third-order valence-corrected chi connectivity index (χ3v) is 5.60. The minimum absolute atomic E-state index is 0.0932. The Balaban J connectivity index is 1.66. The molecule has 0 aliphatic carbocycles. The highest BCUT2D eigenvalue weighted by Gasteiger charge is 2.23. The molecule has 1 aromatic carbocycles. The van der Waals surface area contributed by atoms with Crippen LogP contribution in [-0.4, -0.2) is 42.6 Å². The number of hydrogen-bond acceptors (Lipinski definition) is 4. The number of benzene rings is 1. The highest BCUT2D eigenvalue weighted by molar-refractivity contribution is 7.15. The van der Waals surface area contributed by atoms with Gasteiger partial charge >= 0.3 is 0 Å². The van der Waals surface area contributed by atoms with E-state index in [1.807, 2.05) is 30.9 Å². The maximum absolute atomic E-state index is 13.1. The molecule has 26 heavy (non-hydrogen) atoms. The van der Waals surface area contributed by atoms with Gasteiger partial charge < -0.3 is 15.0 Å². The van der Waals surface area contributed by atoms with Gasteiger partial charge in [0.25, 0.3) is 0 Å². The number of halogens is 1. The molecule has 1 atom stereocenters. The fraction of sp³-hybridized carbons (Fsp3) is 0.450. The first-order valence-electron chi connectivity index (χ1n) is 8.98. The quantitative estimate of drug-likeness (QED) is 0.836. The number of carbonyl (C=O) groups excluding carboxylic acids is 1. The Labute approximate surface area is 158 Å². The van der Waals surface area contributed by atoms with Gasteiger partial charge in [0.1, 0.15) is 5.82 Å². The number of nitrogens with one attached hydrogen (secondary N) is 1. The minimum Gasteiger partial charge on any atom is -0.378 e. The number of nitrogens with zero attached hydrogens (tertiary/aromatic N) is 1. The molecule has 1 aromatic heterocycles. The lowest BCUT2D eigenvalue weighted by Crippen LogP contribution is -2.46. The summed E-state index contributed by atoms with van der Waals surface area (Å²) in [4.78, 5) is 16.9. The number of ether oxygens (including phenoxy) is 1. The Morgan fingerprint density at radius 1 is 1.31 bits per heavy atom. The summed E-state index contributed by atoms with van der Waals surface area (Å²) in [6.07, 6.45) is 0.453. The van der Waals surface area contributed by atoms with Crippen molar-refractivity contribution in [2.45, 2.75) is 38.9 Å². The van der Waals surface area contributed by atoms with Crippen molar-refractivity contribution in [3.8, 4) is 10.4 Å². The summed E-state index contributed by atoms with van der Waals surface area (Å²) in [7, 11) is 0. The number of thiophene rings is 1. The predicted molar refractivity (Wildman–Crippen MR) is 103 cm³/mol. The van der Waals surface area contributed by atoms with Gasteiger partial charge in [-0.25, -0.2) is 4.39 Å². The van der Waals surface area contributed by atoms with E-state index in [0.29, 0.717) is 26.2 Å². The molecule has 3 rings (SSSR count). The van der Waals surface area contributed by atoms with Crippen LogP contribution in [0.4, 0.5) is 4.39 Å². The molecule has 1 fully saturated rings. The summed E-state index contributed by atoms with van der Waals surface area (Å²) in [6.45, 7) is 6.77. The zero-order valence-corrected chi connectivity index (χ0v) is 16.0. The Hall–Kier alpha value is -1.76. The monoisotopic (exact) mass is 376 g/mol. The molecule has 1 unspecified atom stereocenters. The third kappa shape index (κ3) is 4.90. The van der Waals surface area contributed by atoms with Gasteiger partial charge in [0.15, 0.2) is 0 Å². The van der Waals surface area contributed by atoms with Crippen LogP contribution >= 0.6 is 11.3 Å². The summed E-state index contributed by atoms with van der Waals surface area (Å²) in [5.74, 6) is -0.0952. The second-order valence-electron chi connectivity index (χ2n) is 6.82. The van der Waals surface area contributed by atoms with Crippen LogP contribution in [0.2, 0.25) is 0 Å². The fourth-order valence-corrected chi connectivity index (χ4v) is 4.05. The standard InChI is InChI=1S/C20H25FN2O2S/c1-14(2)23(20(24)11-17-13-25-10-9-22-17)12-18-7-8-19(26-18)15-3-5-16(21)6-4-15/h3-8,14,17,22H,9-13H2,1-2H3. The Morgan fingerprint density at radius 2 is 2.08 bits per heavy atom. The molecule has 4 nitrogen and oxygen atoms in total. The van der Waals surface area contributed by atoms with Crippen LogP contribution in [0.15, 0.2) is 36.4 Å². The van der Waals surface area contributed by atoms with Crippen molar-refractivity contribution < 1.29 is 13.9 Å². The summed E-state index contributed by atoms with van der Waals surface area (Å²) in [5, 5.41) is 3.34. The van der Waals surface area contributed by atoms with Crippen molar-refractivity contribution >= 4 is 17.2 Å².